The zero-order valence-electron chi connectivity index (χ0n) is 23.4. The fourth-order valence-corrected chi connectivity index (χ4v) is 7.22. The van der Waals surface area contributed by atoms with Gasteiger partial charge in [0.2, 0.25) is 0 Å². The third kappa shape index (κ3) is 5.71. The van der Waals surface area contributed by atoms with E-state index in [0.29, 0.717) is 25.7 Å². The summed E-state index contributed by atoms with van der Waals surface area (Å²) in [6.45, 7) is 8.03. The first-order chi connectivity index (χ1) is 20.0. The highest BCUT2D eigenvalue weighted by Crippen LogP contribution is 2.47. The van der Waals surface area contributed by atoms with E-state index in [0.717, 1.165) is 116 Å². The molecule has 1 aromatic heterocycles. The van der Waals surface area contributed by atoms with E-state index in [1.54, 1.807) is 6.07 Å². The molecule has 3 fully saturated rings. The van der Waals surface area contributed by atoms with Crippen LogP contribution in [0.5, 0.6) is 11.8 Å². The first-order valence-corrected chi connectivity index (χ1v) is 15.7. The Bertz CT molecular complexity index is 1430. The van der Waals surface area contributed by atoms with Crippen LogP contribution in [0, 0.1) is 5.41 Å². The predicted molar refractivity (Wildman–Crippen MR) is 162 cm³/mol. The number of fused-ring (bicyclic) bond motifs is 2. The number of anilines is 2. The van der Waals surface area contributed by atoms with E-state index < -0.39 is 0 Å². The molecule has 0 spiro atoms. The van der Waals surface area contributed by atoms with Crippen LogP contribution in [0.15, 0.2) is 34.8 Å². The summed E-state index contributed by atoms with van der Waals surface area (Å²) in [5.74, 6) is 1.16. The van der Waals surface area contributed by atoms with Crippen molar-refractivity contribution >= 4 is 38.2 Å². The van der Waals surface area contributed by atoms with Crippen LogP contribution in [-0.2, 0) is 17.7 Å². The van der Waals surface area contributed by atoms with Crippen LogP contribution in [-0.4, -0.2) is 90.3 Å². The lowest BCUT2D eigenvalue weighted by Gasteiger charge is -2.36. The highest BCUT2D eigenvalue weighted by Gasteiger charge is 2.45. The standard InChI is InChI=1S/C31H38BrN5O4/c32-25-5-1-3-21-15-23(39)16-27(28(21)25)36-10-6-24-26(18-36)33-30(34-29(24)37-9-2-4-22(38)17-37)41-20-31(7-8-31)19-35-11-13-40-14-12-35/h1,3,5,15-16,22,38-39H,2,4,6-14,17-20H2/t22-/m1/s1. The minimum atomic E-state index is -0.349. The SMILES string of the molecule is Oc1cc(N2CCc3c(nc(OCC4(CN5CCOCC5)CC4)nc3N3CCC[C@@H](O)C3)C2)c2c(Br)cccc2c1. The van der Waals surface area contributed by atoms with Crippen molar-refractivity contribution in [3.8, 4) is 11.8 Å². The maximum absolute atomic E-state index is 10.6. The number of hydrogen-bond donors (Lipinski definition) is 2. The molecule has 9 nitrogen and oxygen atoms in total. The van der Waals surface area contributed by atoms with Crippen molar-refractivity contribution in [3.63, 3.8) is 0 Å². The molecule has 3 aliphatic heterocycles. The number of hydrogen-bond acceptors (Lipinski definition) is 9. The van der Waals surface area contributed by atoms with Crippen molar-refractivity contribution in [1.29, 1.82) is 0 Å². The summed E-state index contributed by atoms with van der Waals surface area (Å²) >= 11 is 3.74. The molecule has 2 saturated heterocycles. The summed E-state index contributed by atoms with van der Waals surface area (Å²) in [4.78, 5) is 17.0. The van der Waals surface area contributed by atoms with Crippen LogP contribution >= 0.6 is 15.9 Å². The molecule has 1 saturated carbocycles. The zero-order chi connectivity index (χ0) is 28.0. The number of halogens is 1. The molecule has 2 aromatic carbocycles. The summed E-state index contributed by atoms with van der Waals surface area (Å²) in [7, 11) is 0. The molecule has 4 heterocycles. The van der Waals surface area contributed by atoms with Crippen molar-refractivity contribution in [2.24, 2.45) is 5.41 Å². The lowest BCUT2D eigenvalue weighted by molar-refractivity contribution is 0.0231. The number of aromatic hydroxyl groups is 1. The third-order valence-electron chi connectivity index (χ3n) is 9.08. The molecule has 1 atom stereocenters. The van der Waals surface area contributed by atoms with Crippen molar-refractivity contribution in [1.82, 2.24) is 14.9 Å². The maximum Gasteiger partial charge on any atom is 0.318 e. The summed E-state index contributed by atoms with van der Waals surface area (Å²) in [6, 6.07) is 10.1. The third-order valence-corrected chi connectivity index (χ3v) is 9.74. The molecule has 4 aliphatic rings. The summed E-state index contributed by atoms with van der Waals surface area (Å²) in [5.41, 5.74) is 3.24. The van der Waals surface area contributed by atoms with Crippen LogP contribution in [0.3, 0.4) is 0 Å². The van der Waals surface area contributed by atoms with Crippen LogP contribution < -0.4 is 14.5 Å². The molecular formula is C31H38BrN5O4. The highest BCUT2D eigenvalue weighted by molar-refractivity contribution is 9.10. The van der Waals surface area contributed by atoms with Gasteiger partial charge in [-0.3, -0.25) is 4.90 Å². The number of phenols is 1. The van der Waals surface area contributed by atoms with Gasteiger partial charge in [0.25, 0.3) is 0 Å². The number of piperidine rings is 1. The van der Waals surface area contributed by atoms with E-state index in [2.05, 4.69) is 30.6 Å². The molecule has 0 unspecified atom stereocenters. The Kier molecular flexibility index (Phi) is 7.43. The van der Waals surface area contributed by atoms with Gasteiger partial charge in [-0.05, 0) is 49.6 Å². The van der Waals surface area contributed by atoms with Gasteiger partial charge in [0.05, 0.1) is 38.2 Å². The van der Waals surface area contributed by atoms with Crippen molar-refractivity contribution in [2.75, 3.05) is 68.9 Å². The lowest BCUT2D eigenvalue weighted by atomic mass is 10.0. The van der Waals surface area contributed by atoms with Gasteiger partial charge in [-0.1, -0.05) is 28.1 Å². The molecule has 2 N–H and O–H groups in total. The molecule has 3 aromatic rings. The van der Waals surface area contributed by atoms with Crippen LogP contribution in [0.1, 0.15) is 36.9 Å². The summed E-state index contributed by atoms with van der Waals surface area (Å²) in [6.07, 6.45) is 4.51. The fourth-order valence-electron chi connectivity index (χ4n) is 6.64. The second-order valence-electron chi connectivity index (χ2n) is 12.1. The molecule has 218 valence electrons. The van der Waals surface area contributed by atoms with Gasteiger partial charge in [0, 0.05) is 71.9 Å². The first kappa shape index (κ1) is 27.2. The highest BCUT2D eigenvalue weighted by atomic mass is 79.9. The Hall–Kier alpha value is -2.66. The molecule has 10 heteroatoms. The number of β-amino-alcohol motifs (C(OH)–C–C–N with tert-alkyl or cyclic N) is 1. The number of ether oxygens (including phenoxy) is 2. The Morgan fingerprint density at radius 3 is 2.73 bits per heavy atom. The molecule has 1 aliphatic carbocycles. The van der Waals surface area contributed by atoms with Gasteiger partial charge in [-0.25, -0.2) is 0 Å². The van der Waals surface area contributed by atoms with Gasteiger partial charge in [-0.15, -0.1) is 0 Å². The number of phenolic OH excluding ortho intramolecular Hbond substituents is 1. The smallest absolute Gasteiger partial charge is 0.318 e. The van der Waals surface area contributed by atoms with E-state index in [-0.39, 0.29) is 17.3 Å². The van der Waals surface area contributed by atoms with E-state index >= 15 is 0 Å². The number of aromatic nitrogens is 2. The van der Waals surface area contributed by atoms with Gasteiger partial charge in [-0.2, -0.15) is 9.97 Å². The number of aliphatic hydroxyl groups is 1. The molecule has 0 radical (unpaired) electrons. The quantitative estimate of drug-likeness (QED) is 0.403. The maximum atomic E-state index is 10.6. The van der Waals surface area contributed by atoms with Gasteiger partial charge in [0.15, 0.2) is 0 Å². The number of aliphatic hydroxyl groups excluding tert-OH is 1. The van der Waals surface area contributed by atoms with E-state index in [1.807, 2.05) is 24.3 Å². The Balaban J connectivity index is 1.19. The first-order valence-electron chi connectivity index (χ1n) is 14.9. The Labute approximate surface area is 249 Å². The van der Waals surface area contributed by atoms with Crippen LogP contribution in [0.25, 0.3) is 10.8 Å². The second-order valence-corrected chi connectivity index (χ2v) is 13.0. The van der Waals surface area contributed by atoms with Crippen LogP contribution in [0.4, 0.5) is 11.5 Å². The van der Waals surface area contributed by atoms with E-state index in [9.17, 15) is 10.2 Å². The van der Waals surface area contributed by atoms with Crippen molar-refractivity contribution < 1.29 is 19.7 Å². The van der Waals surface area contributed by atoms with Crippen molar-refractivity contribution in [2.45, 2.75) is 44.8 Å². The monoisotopic (exact) mass is 623 g/mol. The minimum absolute atomic E-state index is 0.164. The lowest BCUT2D eigenvalue weighted by Crippen LogP contribution is -2.41. The normalized spacial score (nSPS) is 22.5. The van der Waals surface area contributed by atoms with Gasteiger partial charge < -0.3 is 29.5 Å². The Morgan fingerprint density at radius 2 is 1.93 bits per heavy atom. The fraction of sp³-hybridized carbons (Fsp3) is 0.548. The van der Waals surface area contributed by atoms with Crippen LogP contribution in [0.2, 0.25) is 0 Å². The summed E-state index contributed by atoms with van der Waals surface area (Å²) in [5, 5.41) is 23.1. The topological polar surface area (TPSA) is 94.4 Å². The average molecular weight is 625 g/mol. The van der Waals surface area contributed by atoms with Gasteiger partial charge >= 0.3 is 6.01 Å². The molecule has 0 bridgehead atoms. The number of morpholine rings is 1. The molecule has 0 amide bonds. The predicted octanol–water partition coefficient (Wildman–Crippen LogP) is 4.11. The average Bonchev–Trinajstić information content (AvgIpc) is 3.74. The number of rotatable bonds is 7. The molecule has 7 rings (SSSR count). The van der Waals surface area contributed by atoms with E-state index in [4.69, 9.17) is 19.4 Å². The molecule has 41 heavy (non-hydrogen) atoms. The number of benzene rings is 2. The number of nitrogens with zero attached hydrogens (tertiary/aromatic N) is 5. The largest absolute Gasteiger partial charge is 0.508 e. The van der Waals surface area contributed by atoms with E-state index in [1.165, 1.54) is 0 Å². The van der Waals surface area contributed by atoms with Gasteiger partial charge in [0.1, 0.15) is 11.6 Å². The zero-order valence-corrected chi connectivity index (χ0v) is 25.0. The minimum Gasteiger partial charge on any atom is -0.508 e. The Morgan fingerprint density at radius 1 is 1.07 bits per heavy atom. The second kappa shape index (κ2) is 11.2. The van der Waals surface area contributed by atoms with Crippen molar-refractivity contribution in [3.05, 3.63) is 46.1 Å². The molecular weight excluding hydrogens is 586 g/mol. The summed E-state index contributed by atoms with van der Waals surface area (Å²) < 4.78 is 13.0.